The quantitative estimate of drug-likeness (QED) is 0.176. The van der Waals surface area contributed by atoms with Gasteiger partial charge in [0.15, 0.2) is 0 Å². The molecule has 0 amide bonds. The van der Waals surface area contributed by atoms with Gasteiger partial charge in [0.2, 0.25) is 0 Å². The van der Waals surface area contributed by atoms with Crippen molar-refractivity contribution in [3.63, 3.8) is 0 Å². The maximum Gasteiger partial charge on any atom is 1.00 e. The van der Waals surface area contributed by atoms with Crippen LogP contribution in [-0.2, 0) is 10.4 Å². The molecule has 0 spiro atoms. The number of hydrogen-bond donors (Lipinski definition) is 2. The maximum absolute atomic E-state index is 8.52. The first kappa shape index (κ1) is 22.7. The van der Waals surface area contributed by atoms with Crippen LogP contribution >= 0.6 is 0 Å². The fourth-order valence-corrected chi connectivity index (χ4v) is 0. The molecule has 0 saturated heterocycles. The molecule has 6 nitrogen and oxygen atoms in total. The van der Waals surface area contributed by atoms with Gasteiger partial charge in [0.25, 0.3) is 0 Å². The first-order valence-corrected chi connectivity index (χ1v) is 2.26. The SMILES string of the molecule is NO.O=S(=O)([O-])[O-].[K+].[K+]. The van der Waals surface area contributed by atoms with Gasteiger partial charge in [0.05, 0.1) is 0 Å². The van der Waals surface area contributed by atoms with Crippen LogP contribution in [-0.4, -0.2) is 22.7 Å². The Balaban J connectivity index is -0.0000000286. The maximum atomic E-state index is 8.52. The molecule has 0 fully saturated rings. The third kappa shape index (κ3) is 96.9. The molecular weight excluding hydrogens is 204 g/mol. The Hall–Kier alpha value is 3.06. The molecule has 9 heteroatoms. The molecule has 0 unspecified atom stereocenters. The normalized spacial score (nSPS) is 7.11. The van der Waals surface area contributed by atoms with Crippen molar-refractivity contribution in [1.29, 1.82) is 0 Å². The summed E-state index contributed by atoms with van der Waals surface area (Å²) in [6.07, 6.45) is 0. The number of rotatable bonds is 0. The van der Waals surface area contributed by atoms with Crippen molar-refractivity contribution >= 4 is 10.4 Å². The zero-order valence-corrected chi connectivity index (χ0v) is 12.1. The van der Waals surface area contributed by atoms with E-state index >= 15 is 0 Å². The van der Waals surface area contributed by atoms with Gasteiger partial charge in [-0.25, -0.2) is 5.90 Å². The van der Waals surface area contributed by atoms with Gasteiger partial charge < -0.3 is 14.3 Å². The van der Waals surface area contributed by atoms with Crippen LogP contribution in [0, 0.1) is 0 Å². The van der Waals surface area contributed by atoms with E-state index in [0.717, 1.165) is 0 Å². The summed E-state index contributed by atoms with van der Waals surface area (Å²) in [5, 5.41) is 6.50. The van der Waals surface area contributed by atoms with Crippen molar-refractivity contribution in [2.24, 2.45) is 5.90 Å². The minimum atomic E-state index is -5.17. The predicted molar refractivity (Wildman–Crippen MR) is 16.4 cm³/mol. The van der Waals surface area contributed by atoms with E-state index in [1.807, 2.05) is 0 Å². The van der Waals surface area contributed by atoms with E-state index in [9.17, 15) is 0 Å². The number of nitrogens with two attached hydrogens (primary N) is 1. The smallest absolute Gasteiger partial charge is 0.759 e. The van der Waals surface area contributed by atoms with Crippen LogP contribution in [0.25, 0.3) is 0 Å². The number of hydrogen-bond acceptors (Lipinski definition) is 6. The second-order valence-corrected chi connectivity index (χ2v) is 1.22. The van der Waals surface area contributed by atoms with Crippen molar-refractivity contribution < 1.29 is 125 Å². The monoisotopic (exact) mass is 207 g/mol. The van der Waals surface area contributed by atoms with Gasteiger partial charge in [-0.2, -0.15) is 0 Å². The van der Waals surface area contributed by atoms with Gasteiger partial charge in [-0.05, 0) is 0 Å². The molecule has 0 radical (unpaired) electrons. The van der Waals surface area contributed by atoms with E-state index < -0.39 is 10.4 Å². The first-order valence-electron chi connectivity index (χ1n) is 0.925. The molecule has 3 N–H and O–H groups in total. The Labute approximate surface area is 138 Å². The topological polar surface area (TPSA) is 127 Å². The molecule has 46 valence electrons. The van der Waals surface area contributed by atoms with Crippen LogP contribution in [0.4, 0.5) is 0 Å². The Morgan fingerprint density at radius 2 is 1.11 bits per heavy atom. The van der Waals surface area contributed by atoms with Crippen molar-refractivity contribution in [3.8, 4) is 0 Å². The van der Waals surface area contributed by atoms with Crippen molar-refractivity contribution in [2.75, 3.05) is 0 Å². The van der Waals surface area contributed by atoms with E-state index in [-0.39, 0.29) is 103 Å². The summed E-state index contributed by atoms with van der Waals surface area (Å²) in [6, 6.07) is 0. The Bertz CT molecular complexity index is 98.1. The van der Waals surface area contributed by atoms with Crippen LogP contribution in [0.15, 0.2) is 0 Å². The molecule has 9 heavy (non-hydrogen) atoms. The molecule has 0 bridgehead atoms. The molecule has 0 rings (SSSR count). The van der Waals surface area contributed by atoms with Crippen LogP contribution < -0.4 is 109 Å². The van der Waals surface area contributed by atoms with E-state index in [2.05, 4.69) is 5.90 Å². The first-order chi connectivity index (χ1) is 3.00. The molecule has 0 atom stereocenters. The zero-order chi connectivity index (χ0) is 6.50. The standard InChI is InChI=1S/2K.H3NO.H2O4S/c;;1-2;1-5(2,3)4/h;;2H,1H2;(H2,1,2,3,4)/q2*+1;;/p-2. The van der Waals surface area contributed by atoms with Crippen LogP contribution in [0.1, 0.15) is 0 Å². The fourth-order valence-electron chi connectivity index (χ4n) is 0. The average molecular weight is 207 g/mol. The van der Waals surface area contributed by atoms with Crippen LogP contribution in [0.3, 0.4) is 0 Å². The summed E-state index contributed by atoms with van der Waals surface area (Å²) in [5.74, 6) is 3.50. The van der Waals surface area contributed by atoms with Crippen LogP contribution in [0.5, 0.6) is 0 Å². The minimum Gasteiger partial charge on any atom is -0.759 e. The summed E-state index contributed by atoms with van der Waals surface area (Å²) < 4.78 is 34.1. The molecule has 0 aliphatic carbocycles. The van der Waals surface area contributed by atoms with E-state index in [4.69, 9.17) is 22.7 Å². The predicted octanol–water partition coefficient (Wildman–Crippen LogP) is -8.00. The van der Waals surface area contributed by atoms with Gasteiger partial charge >= 0.3 is 103 Å². The van der Waals surface area contributed by atoms with Gasteiger partial charge in [-0.3, -0.25) is 8.42 Å². The molecule has 0 saturated carbocycles. The summed E-state index contributed by atoms with van der Waals surface area (Å²) in [4.78, 5) is 0. The van der Waals surface area contributed by atoms with Crippen LogP contribution in [0.2, 0.25) is 0 Å². The Morgan fingerprint density at radius 1 is 1.11 bits per heavy atom. The largest absolute Gasteiger partial charge is 1.00 e. The Kier molecular flexibility index (Phi) is 34.4. The third-order valence-corrected chi connectivity index (χ3v) is 0. The summed E-state index contributed by atoms with van der Waals surface area (Å²) >= 11 is 0. The van der Waals surface area contributed by atoms with E-state index in [1.54, 1.807) is 0 Å². The molecule has 0 aromatic heterocycles. The molecule has 0 aromatic rings. The summed E-state index contributed by atoms with van der Waals surface area (Å²) in [7, 11) is -5.17. The van der Waals surface area contributed by atoms with Gasteiger partial charge in [-0.1, -0.05) is 0 Å². The van der Waals surface area contributed by atoms with Crippen molar-refractivity contribution in [3.05, 3.63) is 0 Å². The van der Waals surface area contributed by atoms with Gasteiger partial charge in [-0.15, -0.1) is 0 Å². The molecular formula is H3K2NO5S. The molecule has 0 heterocycles. The summed E-state index contributed by atoms with van der Waals surface area (Å²) in [6.45, 7) is 0. The van der Waals surface area contributed by atoms with Gasteiger partial charge in [0, 0.05) is 10.4 Å². The average Bonchev–Trinajstić information content (AvgIpc) is 1.36. The molecule has 0 aliphatic heterocycles. The second kappa shape index (κ2) is 13.6. The van der Waals surface area contributed by atoms with Crippen molar-refractivity contribution in [1.82, 2.24) is 0 Å². The second-order valence-electron chi connectivity index (χ2n) is 0.408. The molecule has 0 aromatic carbocycles. The Morgan fingerprint density at radius 3 is 1.11 bits per heavy atom. The van der Waals surface area contributed by atoms with Gasteiger partial charge in [0.1, 0.15) is 0 Å². The molecule has 0 aliphatic rings. The minimum absolute atomic E-state index is 0. The third-order valence-electron chi connectivity index (χ3n) is 0. The van der Waals surface area contributed by atoms with E-state index in [1.165, 1.54) is 0 Å². The van der Waals surface area contributed by atoms with Crippen molar-refractivity contribution in [2.45, 2.75) is 0 Å². The summed E-state index contributed by atoms with van der Waals surface area (Å²) in [5.41, 5.74) is 0. The van der Waals surface area contributed by atoms with E-state index in [0.29, 0.717) is 0 Å². The fraction of sp³-hybridized carbons (Fsp3) is 0. The zero-order valence-electron chi connectivity index (χ0n) is 5.07.